The Bertz CT molecular complexity index is 948. The molecule has 0 bridgehead atoms. The molecule has 0 saturated carbocycles. The van der Waals surface area contributed by atoms with Gasteiger partial charge in [-0.3, -0.25) is 0 Å². The molecule has 2 aromatic carbocycles. The number of benzene rings is 2. The standard InChI is InChI=1S/C20H20N2O3/c1-3-22(13-15-7-5-4-6-8-15)20(24)21-16-9-10-17-14(2)11-19(23)25-18(17)12-16/h4-12H,3,13H2,1-2H3,(H,21,24). The van der Waals surface area contributed by atoms with Gasteiger partial charge >= 0.3 is 11.7 Å². The molecule has 128 valence electrons. The molecule has 3 aromatic rings. The fourth-order valence-corrected chi connectivity index (χ4v) is 2.74. The van der Waals surface area contributed by atoms with Crippen molar-refractivity contribution in [3.8, 4) is 0 Å². The minimum atomic E-state index is -0.396. The summed E-state index contributed by atoms with van der Waals surface area (Å²) in [4.78, 5) is 25.8. The number of carbonyl (C=O) groups is 1. The number of nitrogens with one attached hydrogen (secondary N) is 1. The second-order valence-electron chi connectivity index (χ2n) is 5.89. The third-order valence-electron chi connectivity index (χ3n) is 4.09. The number of anilines is 1. The van der Waals surface area contributed by atoms with Crippen molar-refractivity contribution in [2.24, 2.45) is 0 Å². The average Bonchev–Trinajstić information content (AvgIpc) is 2.60. The van der Waals surface area contributed by atoms with Crippen LogP contribution in [0.1, 0.15) is 18.1 Å². The van der Waals surface area contributed by atoms with Crippen molar-refractivity contribution in [2.75, 3.05) is 11.9 Å². The Morgan fingerprint density at radius 1 is 1.12 bits per heavy atom. The highest BCUT2D eigenvalue weighted by Gasteiger charge is 2.13. The largest absolute Gasteiger partial charge is 0.423 e. The summed E-state index contributed by atoms with van der Waals surface area (Å²) >= 11 is 0. The third kappa shape index (κ3) is 3.88. The van der Waals surface area contributed by atoms with Gasteiger partial charge in [0.15, 0.2) is 0 Å². The van der Waals surface area contributed by atoms with E-state index in [0.717, 1.165) is 16.5 Å². The van der Waals surface area contributed by atoms with Crippen molar-refractivity contribution < 1.29 is 9.21 Å². The van der Waals surface area contributed by atoms with Crippen molar-refractivity contribution in [2.45, 2.75) is 20.4 Å². The molecule has 1 heterocycles. The van der Waals surface area contributed by atoms with Gasteiger partial charge < -0.3 is 14.6 Å². The molecule has 3 rings (SSSR count). The van der Waals surface area contributed by atoms with E-state index in [1.165, 1.54) is 6.07 Å². The van der Waals surface area contributed by atoms with Crippen LogP contribution in [0.3, 0.4) is 0 Å². The summed E-state index contributed by atoms with van der Waals surface area (Å²) in [5.41, 5.74) is 2.59. The molecule has 0 fully saturated rings. The Labute approximate surface area is 145 Å². The summed E-state index contributed by atoms with van der Waals surface area (Å²) in [7, 11) is 0. The van der Waals surface area contributed by atoms with Crippen LogP contribution in [-0.4, -0.2) is 17.5 Å². The molecule has 5 nitrogen and oxygen atoms in total. The Balaban J connectivity index is 1.79. The summed E-state index contributed by atoms with van der Waals surface area (Å²) in [6.07, 6.45) is 0. The summed E-state index contributed by atoms with van der Waals surface area (Å²) in [5.74, 6) is 0. The van der Waals surface area contributed by atoms with Crippen LogP contribution in [0.2, 0.25) is 0 Å². The van der Waals surface area contributed by atoms with Gasteiger partial charge in [-0.05, 0) is 37.1 Å². The van der Waals surface area contributed by atoms with Gasteiger partial charge in [0.05, 0.1) is 0 Å². The maximum atomic E-state index is 12.5. The molecule has 0 unspecified atom stereocenters. The SMILES string of the molecule is CCN(Cc1ccccc1)C(=O)Nc1ccc2c(C)cc(=O)oc2c1. The molecule has 0 aliphatic carbocycles. The number of hydrogen-bond acceptors (Lipinski definition) is 3. The molecule has 2 amide bonds. The van der Waals surface area contributed by atoms with Crippen LogP contribution in [-0.2, 0) is 6.54 Å². The van der Waals surface area contributed by atoms with Crippen molar-refractivity contribution >= 4 is 22.7 Å². The van der Waals surface area contributed by atoms with E-state index in [0.29, 0.717) is 24.4 Å². The quantitative estimate of drug-likeness (QED) is 0.728. The molecule has 5 heteroatoms. The number of nitrogens with zero attached hydrogens (tertiary/aromatic N) is 1. The molecule has 0 atom stereocenters. The van der Waals surface area contributed by atoms with Gasteiger partial charge in [-0.25, -0.2) is 9.59 Å². The zero-order chi connectivity index (χ0) is 17.8. The molecule has 0 spiro atoms. The Hall–Kier alpha value is -3.08. The van der Waals surface area contributed by atoms with Crippen LogP contribution in [0.15, 0.2) is 63.8 Å². The third-order valence-corrected chi connectivity index (χ3v) is 4.09. The van der Waals surface area contributed by atoms with E-state index in [9.17, 15) is 9.59 Å². The molecule has 0 radical (unpaired) electrons. The van der Waals surface area contributed by atoms with Gasteiger partial charge in [-0.2, -0.15) is 0 Å². The molecule has 0 saturated heterocycles. The number of fused-ring (bicyclic) bond motifs is 1. The minimum Gasteiger partial charge on any atom is -0.423 e. The van der Waals surface area contributed by atoms with E-state index < -0.39 is 5.63 Å². The molecule has 0 aliphatic rings. The zero-order valence-electron chi connectivity index (χ0n) is 14.3. The van der Waals surface area contributed by atoms with Crippen molar-refractivity contribution in [3.63, 3.8) is 0 Å². The second kappa shape index (κ2) is 7.21. The predicted molar refractivity (Wildman–Crippen MR) is 98.8 cm³/mol. The summed E-state index contributed by atoms with van der Waals surface area (Å²) in [6, 6.07) is 16.4. The maximum absolute atomic E-state index is 12.5. The van der Waals surface area contributed by atoms with Gasteiger partial charge in [0, 0.05) is 36.3 Å². The molecule has 25 heavy (non-hydrogen) atoms. The van der Waals surface area contributed by atoms with Gasteiger partial charge in [0.2, 0.25) is 0 Å². The molecular formula is C20H20N2O3. The first-order valence-corrected chi connectivity index (χ1v) is 8.21. The number of carbonyl (C=O) groups excluding carboxylic acids is 1. The Morgan fingerprint density at radius 3 is 2.60 bits per heavy atom. The lowest BCUT2D eigenvalue weighted by Gasteiger charge is -2.21. The predicted octanol–water partition coefficient (Wildman–Crippen LogP) is 4.16. The Morgan fingerprint density at radius 2 is 1.88 bits per heavy atom. The lowest BCUT2D eigenvalue weighted by Crippen LogP contribution is -2.34. The molecular weight excluding hydrogens is 316 g/mol. The van der Waals surface area contributed by atoms with Crippen molar-refractivity contribution in [1.82, 2.24) is 4.90 Å². The Kier molecular flexibility index (Phi) is 4.84. The first-order valence-electron chi connectivity index (χ1n) is 8.21. The smallest absolute Gasteiger partial charge is 0.336 e. The van der Waals surface area contributed by atoms with Crippen LogP contribution >= 0.6 is 0 Å². The van der Waals surface area contributed by atoms with Crippen LogP contribution in [0.4, 0.5) is 10.5 Å². The van der Waals surface area contributed by atoms with Crippen molar-refractivity contribution in [3.05, 3.63) is 76.1 Å². The molecule has 0 aliphatic heterocycles. The highest BCUT2D eigenvalue weighted by Crippen LogP contribution is 2.21. The lowest BCUT2D eigenvalue weighted by molar-refractivity contribution is 0.212. The number of amides is 2. The minimum absolute atomic E-state index is 0.194. The van der Waals surface area contributed by atoms with Crippen LogP contribution < -0.4 is 10.9 Å². The van der Waals surface area contributed by atoms with Gasteiger partial charge in [0.1, 0.15) is 5.58 Å². The maximum Gasteiger partial charge on any atom is 0.336 e. The monoisotopic (exact) mass is 336 g/mol. The topological polar surface area (TPSA) is 62.6 Å². The highest BCUT2D eigenvalue weighted by molar-refractivity contribution is 5.92. The number of rotatable bonds is 4. The van der Waals surface area contributed by atoms with Crippen LogP contribution in [0, 0.1) is 6.92 Å². The van der Waals surface area contributed by atoms with Crippen LogP contribution in [0.25, 0.3) is 11.0 Å². The van der Waals surface area contributed by atoms with Crippen molar-refractivity contribution in [1.29, 1.82) is 0 Å². The van der Waals surface area contributed by atoms with E-state index in [1.807, 2.05) is 56.3 Å². The summed E-state index contributed by atoms with van der Waals surface area (Å²) in [5, 5.41) is 3.72. The van der Waals surface area contributed by atoms with E-state index in [-0.39, 0.29) is 6.03 Å². The molecule has 1 N–H and O–H groups in total. The molecule has 1 aromatic heterocycles. The number of aryl methyl sites for hydroxylation is 1. The zero-order valence-corrected chi connectivity index (χ0v) is 14.3. The fraction of sp³-hybridized carbons (Fsp3) is 0.200. The summed E-state index contributed by atoms with van der Waals surface area (Å²) < 4.78 is 5.23. The first kappa shape index (κ1) is 16.8. The average molecular weight is 336 g/mol. The highest BCUT2D eigenvalue weighted by atomic mass is 16.4. The summed E-state index contributed by atoms with van der Waals surface area (Å²) in [6.45, 7) is 4.91. The van der Waals surface area contributed by atoms with E-state index in [1.54, 1.807) is 11.0 Å². The number of hydrogen-bond donors (Lipinski definition) is 1. The van der Waals surface area contributed by atoms with Crippen LogP contribution in [0.5, 0.6) is 0 Å². The second-order valence-corrected chi connectivity index (χ2v) is 5.89. The fourth-order valence-electron chi connectivity index (χ4n) is 2.74. The van der Waals surface area contributed by atoms with E-state index >= 15 is 0 Å². The lowest BCUT2D eigenvalue weighted by atomic mass is 10.1. The normalized spacial score (nSPS) is 10.6. The van der Waals surface area contributed by atoms with Gasteiger partial charge in [-0.15, -0.1) is 0 Å². The van der Waals surface area contributed by atoms with E-state index in [2.05, 4.69) is 5.32 Å². The van der Waals surface area contributed by atoms with Gasteiger partial charge in [0.25, 0.3) is 0 Å². The van der Waals surface area contributed by atoms with E-state index in [4.69, 9.17) is 4.42 Å². The first-order chi connectivity index (χ1) is 12.1. The van der Waals surface area contributed by atoms with Gasteiger partial charge in [-0.1, -0.05) is 30.3 Å². The number of urea groups is 1.